The molecule has 1 atom stereocenters. The number of ether oxygens (including phenoxy) is 1. The molecule has 13 heavy (non-hydrogen) atoms. The maximum atomic E-state index is 10.8. The number of esters is 1. The summed E-state index contributed by atoms with van der Waals surface area (Å²) in [4.78, 5) is 13.1. The third kappa shape index (κ3) is 3.32. The first-order valence-electron chi connectivity index (χ1n) is 4.72. The SMILES string of the molecule is COC(=O)C(O)CCN1CCCC1. The Morgan fingerprint density at radius 3 is 2.69 bits per heavy atom. The summed E-state index contributed by atoms with van der Waals surface area (Å²) in [6, 6.07) is 0. The van der Waals surface area contributed by atoms with E-state index in [9.17, 15) is 9.90 Å². The normalized spacial score (nSPS) is 20.2. The fourth-order valence-corrected chi connectivity index (χ4v) is 1.56. The summed E-state index contributed by atoms with van der Waals surface area (Å²) >= 11 is 0. The molecule has 1 N–H and O–H groups in total. The van der Waals surface area contributed by atoms with Crippen molar-refractivity contribution in [2.45, 2.75) is 25.4 Å². The Morgan fingerprint density at radius 2 is 2.15 bits per heavy atom. The number of hydrogen-bond donors (Lipinski definition) is 1. The largest absolute Gasteiger partial charge is 0.467 e. The van der Waals surface area contributed by atoms with Crippen LogP contribution in [0.25, 0.3) is 0 Å². The summed E-state index contributed by atoms with van der Waals surface area (Å²) in [5.41, 5.74) is 0. The van der Waals surface area contributed by atoms with Gasteiger partial charge >= 0.3 is 5.97 Å². The molecule has 0 spiro atoms. The van der Waals surface area contributed by atoms with Crippen molar-refractivity contribution < 1.29 is 14.6 Å². The van der Waals surface area contributed by atoms with Crippen LogP contribution in [0.1, 0.15) is 19.3 Å². The van der Waals surface area contributed by atoms with Crippen molar-refractivity contribution in [3.63, 3.8) is 0 Å². The monoisotopic (exact) mass is 187 g/mol. The number of carbonyl (C=O) groups is 1. The smallest absolute Gasteiger partial charge is 0.334 e. The average molecular weight is 187 g/mol. The molecule has 1 rings (SSSR count). The van der Waals surface area contributed by atoms with Gasteiger partial charge in [-0.25, -0.2) is 4.79 Å². The lowest BCUT2D eigenvalue weighted by Crippen LogP contribution is -2.29. The van der Waals surface area contributed by atoms with Gasteiger partial charge in [-0.15, -0.1) is 0 Å². The van der Waals surface area contributed by atoms with Gasteiger partial charge in [0.15, 0.2) is 6.10 Å². The summed E-state index contributed by atoms with van der Waals surface area (Å²) in [6.07, 6.45) is 1.99. The fraction of sp³-hybridized carbons (Fsp3) is 0.889. The van der Waals surface area contributed by atoms with Crippen molar-refractivity contribution in [3.05, 3.63) is 0 Å². The highest BCUT2D eigenvalue weighted by atomic mass is 16.5. The van der Waals surface area contributed by atoms with Gasteiger partial charge in [-0.1, -0.05) is 0 Å². The summed E-state index contributed by atoms with van der Waals surface area (Å²) in [5, 5.41) is 9.28. The number of hydrogen-bond acceptors (Lipinski definition) is 4. The molecular weight excluding hydrogens is 170 g/mol. The molecular formula is C9H17NO3. The first-order valence-corrected chi connectivity index (χ1v) is 4.72. The number of aliphatic hydroxyl groups excluding tert-OH is 1. The molecule has 0 aromatic rings. The zero-order valence-corrected chi connectivity index (χ0v) is 8.03. The Kier molecular flexibility index (Phi) is 4.18. The minimum Gasteiger partial charge on any atom is -0.467 e. The number of methoxy groups -OCH3 is 1. The van der Waals surface area contributed by atoms with Crippen LogP contribution in [-0.2, 0) is 9.53 Å². The molecule has 0 saturated carbocycles. The second-order valence-corrected chi connectivity index (χ2v) is 3.38. The summed E-state index contributed by atoms with van der Waals surface area (Å²) in [7, 11) is 1.29. The molecule has 0 bridgehead atoms. The zero-order chi connectivity index (χ0) is 9.68. The summed E-state index contributed by atoms with van der Waals surface area (Å²) in [5.74, 6) is -0.529. The van der Waals surface area contributed by atoms with Crippen molar-refractivity contribution in [2.75, 3.05) is 26.7 Å². The molecule has 0 radical (unpaired) electrons. The van der Waals surface area contributed by atoms with Crippen LogP contribution in [0.3, 0.4) is 0 Å². The molecule has 1 aliphatic heterocycles. The van der Waals surface area contributed by atoms with Gasteiger partial charge in [0.1, 0.15) is 0 Å². The number of nitrogens with zero attached hydrogens (tertiary/aromatic N) is 1. The molecule has 0 amide bonds. The van der Waals surface area contributed by atoms with Crippen molar-refractivity contribution in [1.82, 2.24) is 4.90 Å². The Labute approximate surface area is 78.5 Å². The molecule has 1 heterocycles. The number of likely N-dealkylation sites (tertiary alicyclic amines) is 1. The Morgan fingerprint density at radius 1 is 1.54 bits per heavy atom. The van der Waals surface area contributed by atoms with E-state index < -0.39 is 12.1 Å². The predicted octanol–water partition coefficient (Wildman–Crippen LogP) is 0.00620. The number of rotatable bonds is 4. The van der Waals surface area contributed by atoms with Gasteiger partial charge in [-0.2, -0.15) is 0 Å². The van der Waals surface area contributed by atoms with Crippen LogP contribution in [0.4, 0.5) is 0 Å². The van der Waals surface area contributed by atoms with E-state index in [1.807, 2.05) is 0 Å². The van der Waals surface area contributed by atoms with E-state index >= 15 is 0 Å². The van der Waals surface area contributed by atoms with Gasteiger partial charge in [0.25, 0.3) is 0 Å². The molecule has 0 aliphatic carbocycles. The van der Waals surface area contributed by atoms with Crippen molar-refractivity contribution >= 4 is 5.97 Å². The van der Waals surface area contributed by atoms with E-state index in [2.05, 4.69) is 9.64 Å². The van der Waals surface area contributed by atoms with Crippen LogP contribution < -0.4 is 0 Å². The standard InChI is InChI=1S/C9H17NO3/c1-13-9(12)8(11)4-7-10-5-2-3-6-10/h8,11H,2-7H2,1H3. The second kappa shape index (κ2) is 5.19. The van der Waals surface area contributed by atoms with E-state index in [-0.39, 0.29) is 0 Å². The van der Waals surface area contributed by atoms with Crippen LogP contribution in [-0.4, -0.2) is 48.8 Å². The van der Waals surface area contributed by atoms with Crippen molar-refractivity contribution in [1.29, 1.82) is 0 Å². The first kappa shape index (κ1) is 10.5. The van der Waals surface area contributed by atoms with Crippen LogP contribution in [0.15, 0.2) is 0 Å². The minimum atomic E-state index is -0.953. The molecule has 0 aromatic heterocycles. The highest BCUT2D eigenvalue weighted by molar-refractivity contribution is 5.74. The quantitative estimate of drug-likeness (QED) is 0.630. The number of carbonyl (C=O) groups excluding carboxylic acids is 1. The maximum absolute atomic E-state index is 10.8. The summed E-state index contributed by atoms with van der Waals surface area (Å²) < 4.78 is 4.42. The third-order valence-corrected chi connectivity index (χ3v) is 2.39. The highest BCUT2D eigenvalue weighted by Crippen LogP contribution is 2.08. The molecule has 4 heteroatoms. The molecule has 0 aromatic carbocycles. The van der Waals surface area contributed by atoms with Crippen LogP contribution >= 0.6 is 0 Å². The Hall–Kier alpha value is -0.610. The zero-order valence-electron chi connectivity index (χ0n) is 8.03. The molecule has 4 nitrogen and oxygen atoms in total. The van der Waals surface area contributed by atoms with Gasteiger partial charge in [-0.3, -0.25) is 0 Å². The van der Waals surface area contributed by atoms with E-state index in [1.165, 1.54) is 20.0 Å². The van der Waals surface area contributed by atoms with E-state index in [0.717, 1.165) is 19.6 Å². The average Bonchev–Trinajstić information content (AvgIpc) is 2.65. The molecule has 76 valence electrons. The van der Waals surface area contributed by atoms with Gasteiger partial charge in [0.05, 0.1) is 7.11 Å². The highest BCUT2D eigenvalue weighted by Gasteiger charge is 2.18. The van der Waals surface area contributed by atoms with Gasteiger partial charge in [0.2, 0.25) is 0 Å². The first-order chi connectivity index (χ1) is 6.24. The lowest BCUT2D eigenvalue weighted by atomic mass is 10.2. The van der Waals surface area contributed by atoms with E-state index in [1.54, 1.807) is 0 Å². The Balaban J connectivity index is 2.13. The number of aliphatic hydroxyl groups is 1. The Bertz CT molecular complexity index is 166. The predicted molar refractivity (Wildman–Crippen MR) is 48.3 cm³/mol. The molecule has 1 unspecified atom stereocenters. The maximum Gasteiger partial charge on any atom is 0.334 e. The van der Waals surface area contributed by atoms with Crippen LogP contribution in [0.2, 0.25) is 0 Å². The van der Waals surface area contributed by atoms with Crippen LogP contribution in [0.5, 0.6) is 0 Å². The fourth-order valence-electron chi connectivity index (χ4n) is 1.56. The van der Waals surface area contributed by atoms with Crippen LogP contribution in [0, 0.1) is 0 Å². The van der Waals surface area contributed by atoms with Crippen molar-refractivity contribution in [2.24, 2.45) is 0 Å². The topological polar surface area (TPSA) is 49.8 Å². The molecule has 1 saturated heterocycles. The van der Waals surface area contributed by atoms with E-state index in [0.29, 0.717) is 6.42 Å². The third-order valence-electron chi connectivity index (χ3n) is 2.39. The van der Waals surface area contributed by atoms with Gasteiger partial charge in [-0.05, 0) is 32.4 Å². The summed E-state index contributed by atoms with van der Waals surface area (Å²) in [6.45, 7) is 2.97. The van der Waals surface area contributed by atoms with Gasteiger partial charge in [0, 0.05) is 6.54 Å². The van der Waals surface area contributed by atoms with E-state index in [4.69, 9.17) is 0 Å². The molecule has 1 fully saturated rings. The second-order valence-electron chi connectivity index (χ2n) is 3.38. The van der Waals surface area contributed by atoms with Gasteiger partial charge < -0.3 is 14.7 Å². The lowest BCUT2D eigenvalue weighted by Gasteiger charge is -2.15. The minimum absolute atomic E-state index is 0.479. The molecule has 1 aliphatic rings. The lowest BCUT2D eigenvalue weighted by molar-refractivity contribution is -0.150. The van der Waals surface area contributed by atoms with Crippen molar-refractivity contribution in [3.8, 4) is 0 Å².